The number of carbonyl (C=O) groups is 1. The number of thiazole rings is 1. The van der Waals surface area contributed by atoms with E-state index < -0.39 is 0 Å². The predicted molar refractivity (Wildman–Crippen MR) is 106 cm³/mol. The number of carbonyl (C=O) groups excluding carboxylic acids is 1. The Bertz CT molecular complexity index is 1010. The fourth-order valence-corrected chi connectivity index (χ4v) is 3.41. The summed E-state index contributed by atoms with van der Waals surface area (Å²) in [6.45, 7) is 0.379. The van der Waals surface area contributed by atoms with Crippen molar-refractivity contribution in [2.75, 3.05) is 20.8 Å². The van der Waals surface area contributed by atoms with Crippen LogP contribution in [0.5, 0.6) is 11.5 Å². The number of hydrogen-bond acceptors (Lipinski definition) is 7. The van der Waals surface area contributed by atoms with Crippen molar-refractivity contribution in [2.24, 2.45) is 0 Å². The van der Waals surface area contributed by atoms with E-state index in [1.54, 1.807) is 14.2 Å². The average Bonchev–Trinajstić information content (AvgIpc) is 3.18. The molecule has 0 radical (unpaired) electrons. The molecule has 28 heavy (non-hydrogen) atoms. The molecule has 146 valence electrons. The van der Waals surface area contributed by atoms with E-state index in [0.29, 0.717) is 24.5 Å². The van der Waals surface area contributed by atoms with E-state index in [0.717, 1.165) is 16.3 Å². The number of amides is 1. The van der Waals surface area contributed by atoms with Crippen molar-refractivity contribution >= 4 is 17.2 Å². The molecule has 2 heterocycles. The van der Waals surface area contributed by atoms with E-state index in [-0.39, 0.29) is 18.0 Å². The molecule has 0 aliphatic carbocycles. The Kier molecular flexibility index (Phi) is 6.38. The van der Waals surface area contributed by atoms with Gasteiger partial charge >= 0.3 is 0 Å². The van der Waals surface area contributed by atoms with Gasteiger partial charge in [0.05, 0.1) is 26.2 Å². The van der Waals surface area contributed by atoms with Crippen LogP contribution < -0.4 is 20.3 Å². The minimum atomic E-state index is -0.260. The number of aromatic nitrogens is 3. The molecule has 0 unspecified atom stereocenters. The van der Waals surface area contributed by atoms with Crippen LogP contribution in [0.2, 0.25) is 0 Å². The highest BCUT2D eigenvalue weighted by atomic mass is 32.1. The third-order valence-corrected chi connectivity index (χ3v) is 4.93. The Morgan fingerprint density at radius 1 is 1.21 bits per heavy atom. The van der Waals surface area contributed by atoms with Crippen molar-refractivity contribution in [3.63, 3.8) is 0 Å². The summed E-state index contributed by atoms with van der Waals surface area (Å²) in [4.78, 5) is 32.0. The van der Waals surface area contributed by atoms with Crippen LogP contribution in [-0.2, 0) is 17.8 Å². The second-order valence-corrected chi connectivity index (χ2v) is 6.72. The average molecular weight is 400 g/mol. The molecular formula is C19H20N4O4S. The van der Waals surface area contributed by atoms with Crippen molar-refractivity contribution in [1.29, 1.82) is 0 Å². The van der Waals surface area contributed by atoms with Gasteiger partial charge in [0, 0.05) is 36.2 Å². The van der Waals surface area contributed by atoms with Crippen molar-refractivity contribution < 1.29 is 14.3 Å². The van der Waals surface area contributed by atoms with Gasteiger partial charge in [-0.1, -0.05) is 0 Å². The fourth-order valence-electron chi connectivity index (χ4n) is 2.56. The number of nitrogens with one attached hydrogen (secondary N) is 1. The van der Waals surface area contributed by atoms with E-state index in [4.69, 9.17) is 9.47 Å². The summed E-state index contributed by atoms with van der Waals surface area (Å²) < 4.78 is 11.8. The molecule has 3 rings (SSSR count). The van der Waals surface area contributed by atoms with Gasteiger partial charge in [-0.25, -0.2) is 9.97 Å². The lowest BCUT2D eigenvalue weighted by atomic mass is 10.2. The third kappa shape index (κ3) is 4.74. The zero-order valence-corrected chi connectivity index (χ0v) is 16.4. The van der Waals surface area contributed by atoms with Gasteiger partial charge in [0.1, 0.15) is 11.6 Å². The first-order chi connectivity index (χ1) is 13.6. The Hall–Kier alpha value is -3.20. The van der Waals surface area contributed by atoms with Gasteiger partial charge in [0.2, 0.25) is 5.91 Å². The van der Waals surface area contributed by atoms with Crippen molar-refractivity contribution in [3.8, 4) is 22.1 Å². The predicted octanol–water partition coefficient (Wildman–Crippen LogP) is 1.74. The number of rotatable bonds is 8. The first-order valence-electron chi connectivity index (χ1n) is 8.54. The van der Waals surface area contributed by atoms with Gasteiger partial charge in [0.15, 0.2) is 11.5 Å². The van der Waals surface area contributed by atoms with Crippen LogP contribution in [0.3, 0.4) is 0 Å². The van der Waals surface area contributed by atoms with Crippen molar-refractivity contribution in [2.45, 2.75) is 13.0 Å². The van der Waals surface area contributed by atoms with E-state index >= 15 is 0 Å². The Morgan fingerprint density at radius 2 is 2.04 bits per heavy atom. The van der Waals surface area contributed by atoms with Crippen LogP contribution in [0.1, 0.15) is 5.69 Å². The van der Waals surface area contributed by atoms with Crippen LogP contribution >= 0.6 is 11.3 Å². The number of methoxy groups -OCH3 is 2. The van der Waals surface area contributed by atoms with E-state index in [1.807, 2.05) is 23.6 Å². The zero-order valence-electron chi connectivity index (χ0n) is 15.5. The molecule has 0 fully saturated rings. The zero-order chi connectivity index (χ0) is 19.9. The maximum absolute atomic E-state index is 12.0. The first kappa shape index (κ1) is 19.6. The second kappa shape index (κ2) is 9.14. The summed E-state index contributed by atoms with van der Waals surface area (Å²) in [6, 6.07) is 6.97. The molecule has 1 aromatic carbocycles. The molecule has 0 bridgehead atoms. The monoisotopic (exact) mass is 400 g/mol. The number of ether oxygens (including phenoxy) is 2. The summed E-state index contributed by atoms with van der Waals surface area (Å²) in [5, 5.41) is 5.62. The van der Waals surface area contributed by atoms with Gasteiger partial charge in [0.25, 0.3) is 5.56 Å². The Morgan fingerprint density at radius 3 is 2.79 bits per heavy atom. The Balaban J connectivity index is 1.56. The lowest BCUT2D eigenvalue weighted by Crippen LogP contribution is -2.33. The van der Waals surface area contributed by atoms with Gasteiger partial charge in [-0.15, -0.1) is 11.3 Å². The largest absolute Gasteiger partial charge is 0.493 e. The maximum Gasteiger partial charge on any atom is 0.253 e. The quantitative estimate of drug-likeness (QED) is 0.619. The molecular weight excluding hydrogens is 380 g/mol. The number of nitrogens with zero attached hydrogens (tertiary/aromatic N) is 3. The topological polar surface area (TPSA) is 95.3 Å². The summed E-state index contributed by atoms with van der Waals surface area (Å²) in [5.41, 5.74) is 1.56. The number of hydrogen-bond donors (Lipinski definition) is 1. The molecule has 0 atom stereocenters. The molecule has 1 amide bonds. The van der Waals surface area contributed by atoms with Crippen LogP contribution in [0.25, 0.3) is 10.6 Å². The molecule has 3 aromatic rings. The van der Waals surface area contributed by atoms with Crippen LogP contribution in [-0.4, -0.2) is 41.2 Å². The highest BCUT2D eigenvalue weighted by Crippen LogP contribution is 2.33. The maximum atomic E-state index is 12.0. The van der Waals surface area contributed by atoms with E-state index in [2.05, 4.69) is 15.3 Å². The minimum absolute atomic E-state index is 0.0549. The third-order valence-electron chi connectivity index (χ3n) is 3.99. The lowest BCUT2D eigenvalue weighted by molar-refractivity contribution is -0.121. The molecule has 9 heteroatoms. The molecule has 0 saturated heterocycles. The molecule has 1 N–H and O–H groups in total. The Labute approximate surface area is 165 Å². The molecule has 2 aromatic heterocycles. The summed E-state index contributed by atoms with van der Waals surface area (Å²) in [6.07, 6.45) is 3.34. The summed E-state index contributed by atoms with van der Waals surface area (Å²) in [5.74, 6) is 1.07. The SMILES string of the molecule is COc1ccc(-c2nc(CCNC(=O)Cn3cnccc3=O)cs2)cc1OC. The summed E-state index contributed by atoms with van der Waals surface area (Å²) >= 11 is 1.52. The lowest BCUT2D eigenvalue weighted by Gasteiger charge is -2.08. The first-order valence-corrected chi connectivity index (χ1v) is 9.42. The molecule has 8 nitrogen and oxygen atoms in total. The van der Waals surface area contributed by atoms with Crippen LogP contribution in [0.4, 0.5) is 0 Å². The summed E-state index contributed by atoms with van der Waals surface area (Å²) in [7, 11) is 3.19. The van der Waals surface area contributed by atoms with Gasteiger partial charge in [-0.2, -0.15) is 0 Å². The van der Waals surface area contributed by atoms with Gasteiger partial charge < -0.3 is 14.8 Å². The van der Waals surface area contributed by atoms with Crippen LogP contribution in [0, 0.1) is 0 Å². The van der Waals surface area contributed by atoms with E-state index in [9.17, 15) is 9.59 Å². The fraction of sp³-hybridized carbons (Fsp3) is 0.263. The number of benzene rings is 1. The molecule has 0 aliphatic rings. The standard InChI is InChI=1S/C19H20N4O4S/c1-26-15-4-3-13(9-16(15)27-2)19-22-14(11-28-19)5-8-21-17(24)10-23-12-20-7-6-18(23)25/h3-4,6-7,9,11-12H,5,8,10H2,1-2H3,(H,21,24). The van der Waals surface area contributed by atoms with Gasteiger partial charge in [-0.05, 0) is 18.2 Å². The van der Waals surface area contributed by atoms with E-state index in [1.165, 1.54) is 34.5 Å². The molecule has 0 spiro atoms. The highest BCUT2D eigenvalue weighted by molar-refractivity contribution is 7.13. The van der Waals surface area contributed by atoms with Gasteiger partial charge in [-0.3, -0.25) is 14.2 Å². The van der Waals surface area contributed by atoms with Crippen molar-refractivity contribution in [3.05, 3.63) is 58.2 Å². The second-order valence-electron chi connectivity index (χ2n) is 5.86. The normalized spacial score (nSPS) is 10.5. The smallest absolute Gasteiger partial charge is 0.253 e. The highest BCUT2D eigenvalue weighted by Gasteiger charge is 2.10. The molecule has 0 aliphatic heterocycles. The minimum Gasteiger partial charge on any atom is -0.493 e. The van der Waals surface area contributed by atoms with Crippen LogP contribution in [0.15, 0.2) is 47.0 Å². The molecule has 0 saturated carbocycles. The van der Waals surface area contributed by atoms with Crippen molar-refractivity contribution in [1.82, 2.24) is 19.9 Å².